The van der Waals surface area contributed by atoms with Crippen LogP contribution < -0.4 is 10.5 Å². The molecular formula is C9H12F2N2O. The van der Waals surface area contributed by atoms with Crippen LogP contribution in [0, 0.1) is 0 Å². The van der Waals surface area contributed by atoms with Crippen molar-refractivity contribution < 1.29 is 13.5 Å². The smallest absolute Gasteiger partial charge is 0.260 e. The molecule has 5 heteroatoms. The summed E-state index contributed by atoms with van der Waals surface area (Å²) >= 11 is 0. The van der Waals surface area contributed by atoms with Gasteiger partial charge in [-0.1, -0.05) is 0 Å². The van der Waals surface area contributed by atoms with Crippen molar-refractivity contribution in [2.75, 3.05) is 7.11 Å². The lowest BCUT2D eigenvalue weighted by Crippen LogP contribution is -2.40. The fourth-order valence-corrected chi connectivity index (χ4v) is 0.982. The zero-order valence-electron chi connectivity index (χ0n) is 8.00. The van der Waals surface area contributed by atoms with Crippen LogP contribution in [0.4, 0.5) is 8.78 Å². The van der Waals surface area contributed by atoms with Gasteiger partial charge in [0.15, 0.2) is 0 Å². The molecule has 78 valence electrons. The van der Waals surface area contributed by atoms with Crippen molar-refractivity contribution in [2.24, 2.45) is 5.73 Å². The lowest BCUT2D eigenvalue weighted by molar-refractivity contribution is 0.0623. The molecular weight excluding hydrogens is 190 g/mol. The molecule has 0 bridgehead atoms. The normalized spacial score (nSPS) is 15.3. The first kappa shape index (κ1) is 10.8. The van der Waals surface area contributed by atoms with E-state index in [4.69, 9.17) is 10.5 Å². The van der Waals surface area contributed by atoms with Crippen LogP contribution in [0.1, 0.15) is 12.5 Å². The van der Waals surface area contributed by atoms with Gasteiger partial charge in [0.25, 0.3) is 6.43 Å². The molecule has 2 N–H and O–H groups in total. The highest BCUT2D eigenvalue weighted by molar-refractivity contribution is 5.27. The lowest BCUT2D eigenvalue weighted by atomic mass is 9.95. The van der Waals surface area contributed by atoms with Crippen molar-refractivity contribution in [1.29, 1.82) is 0 Å². The fourth-order valence-electron chi connectivity index (χ4n) is 0.982. The summed E-state index contributed by atoms with van der Waals surface area (Å²) in [6.07, 6.45) is -1.24. The van der Waals surface area contributed by atoms with Gasteiger partial charge < -0.3 is 10.5 Å². The maximum atomic E-state index is 12.5. The number of methoxy groups -OCH3 is 1. The van der Waals surface area contributed by atoms with Gasteiger partial charge in [0.2, 0.25) is 5.88 Å². The highest BCUT2D eigenvalue weighted by Crippen LogP contribution is 2.26. The second-order valence-corrected chi connectivity index (χ2v) is 3.17. The molecule has 0 saturated heterocycles. The first-order valence-corrected chi connectivity index (χ1v) is 4.06. The predicted octanol–water partition coefficient (Wildman–Crippen LogP) is 1.53. The van der Waals surface area contributed by atoms with Crippen LogP contribution in [0.5, 0.6) is 5.88 Å². The van der Waals surface area contributed by atoms with E-state index in [9.17, 15) is 8.78 Å². The Balaban J connectivity index is 3.06. The third kappa shape index (κ3) is 1.98. The zero-order chi connectivity index (χ0) is 10.8. The SMILES string of the molecule is COc1cc(C(C)(N)C(F)F)ccn1. The van der Waals surface area contributed by atoms with Gasteiger partial charge in [0.1, 0.15) is 0 Å². The van der Waals surface area contributed by atoms with E-state index in [1.54, 1.807) is 0 Å². The first-order valence-electron chi connectivity index (χ1n) is 4.06. The molecule has 0 spiro atoms. The molecule has 1 aromatic rings. The van der Waals surface area contributed by atoms with Crippen molar-refractivity contribution in [3.8, 4) is 5.88 Å². The largest absolute Gasteiger partial charge is 0.481 e. The number of halogens is 2. The molecule has 0 aliphatic carbocycles. The quantitative estimate of drug-likeness (QED) is 0.808. The molecule has 0 aliphatic rings. The average molecular weight is 202 g/mol. The topological polar surface area (TPSA) is 48.1 Å². The summed E-state index contributed by atoms with van der Waals surface area (Å²) in [6.45, 7) is 1.27. The Kier molecular flexibility index (Phi) is 3.00. The fraction of sp³-hybridized carbons (Fsp3) is 0.444. The van der Waals surface area contributed by atoms with Gasteiger partial charge in [-0.2, -0.15) is 0 Å². The Labute approximate surface area is 80.9 Å². The maximum absolute atomic E-state index is 12.5. The summed E-state index contributed by atoms with van der Waals surface area (Å²) in [7, 11) is 1.42. The number of rotatable bonds is 3. The van der Waals surface area contributed by atoms with E-state index in [1.807, 2.05) is 0 Å². The van der Waals surface area contributed by atoms with Crippen molar-refractivity contribution in [3.63, 3.8) is 0 Å². The van der Waals surface area contributed by atoms with Crippen LogP contribution in [0.3, 0.4) is 0 Å². The zero-order valence-corrected chi connectivity index (χ0v) is 8.00. The predicted molar refractivity (Wildman–Crippen MR) is 48.3 cm³/mol. The summed E-state index contributed by atoms with van der Waals surface area (Å²) in [5.74, 6) is 0.278. The molecule has 1 unspecified atom stereocenters. The molecule has 1 atom stereocenters. The van der Waals surface area contributed by atoms with E-state index < -0.39 is 12.0 Å². The second-order valence-electron chi connectivity index (χ2n) is 3.17. The number of aromatic nitrogens is 1. The van der Waals surface area contributed by atoms with Gasteiger partial charge in [-0.3, -0.25) is 0 Å². The first-order chi connectivity index (χ1) is 6.48. The third-order valence-corrected chi connectivity index (χ3v) is 2.02. The van der Waals surface area contributed by atoms with Crippen molar-refractivity contribution >= 4 is 0 Å². The van der Waals surface area contributed by atoms with E-state index in [0.717, 1.165) is 0 Å². The lowest BCUT2D eigenvalue weighted by Gasteiger charge is -2.23. The van der Waals surface area contributed by atoms with Gasteiger partial charge in [0, 0.05) is 12.3 Å². The van der Waals surface area contributed by atoms with Gasteiger partial charge in [0.05, 0.1) is 12.6 Å². The number of pyridine rings is 1. The van der Waals surface area contributed by atoms with Crippen LogP contribution in [0.2, 0.25) is 0 Å². The Hall–Kier alpha value is -1.23. The number of nitrogens with two attached hydrogens (primary N) is 1. The van der Waals surface area contributed by atoms with Crippen molar-refractivity contribution in [2.45, 2.75) is 18.9 Å². The molecule has 0 saturated carbocycles. The minimum atomic E-state index is -2.63. The molecule has 1 rings (SSSR count). The molecule has 1 heterocycles. The Morgan fingerprint density at radius 1 is 1.57 bits per heavy atom. The van der Waals surface area contributed by atoms with Crippen molar-refractivity contribution in [1.82, 2.24) is 4.98 Å². The number of hydrogen-bond donors (Lipinski definition) is 1. The number of alkyl halides is 2. The summed E-state index contributed by atoms with van der Waals surface area (Å²) in [6, 6.07) is 2.86. The Morgan fingerprint density at radius 2 is 2.21 bits per heavy atom. The van der Waals surface area contributed by atoms with E-state index in [-0.39, 0.29) is 5.88 Å². The summed E-state index contributed by atoms with van der Waals surface area (Å²) in [4.78, 5) is 3.81. The Bertz CT molecular complexity index is 315. The summed E-state index contributed by atoms with van der Waals surface area (Å²) < 4.78 is 29.9. The molecule has 0 aromatic carbocycles. The maximum Gasteiger partial charge on any atom is 0.260 e. The molecule has 14 heavy (non-hydrogen) atoms. The highest BCUT2D eigenvalue weighted by Gasteiger charge is 2.32. The van der Waals surface area contributed by atoms with E-state index in [1.165, 1.54) is 32.4 Å². The van der Waals surface area contributed by atoms with Gasteiger partial charge in [-0.05, 0) is 18.6 Å². The van der Waals surface area contributed by atoms with Crippen molar-refractivity contribution in [3.05, 3.63) is 23.9 Å². The minimum absolute atomic E-state index is 0.278. The molecule has 0 radical (unpaired) electrons. The van der Waals surface area contributed by atoms with Gasteiger partial charge >= 0.3 is 0 Å². The van der Waals surface area contributed by atoms with E-state index in [0.29, 0.717) is 5.56 Å². The minimum Gasteiger partial charge on any atom is -0.481 e. The number of nitrogens with zero attached hydrogens (tertiary/aromatic N) is 1. The van der Waals surface area contributed by atoms with Crippen LogP contribution in [-0.4, -0.2) is 18.5 Å². The summed E-state index contributed by atoms with van der Waals surface area (Å²) in [5.41, 5.74) is 4.11. The number of hydrogen-bond acceptors (Lipinski definition) is 3. The van der Waals surface area contributed by atoms with Crippen LogP contribution in [0.25, 0.3) is 0 Å². The molecule has 0 fully saturated rings. The molecule has 3 nitrogen and oxygen atoms in total. The van der Waals surface area contributed by atoms with Crippen LogP contribution in [0.15, 0.2) is 18.3 Å². The number of ether oxygens (including phenoxy) is 1. The van der Waals surface area contributed by atoms with Gasteiger partial charge in [-0.15, -0.1) is 0 Å². The van der Waals surface area contributed by atoms with E-state index in [2.05, 4.69) is 4.98 Å². The molecule has 1 aromatic heterocycles. The second kappa shape index (κ2) is 3.88. The monoisotopic (exact) mass is 202 g/mol. The Morgan fingerprint density at radius 3 is 2.71 bits per heavy atom. The van der Waals surface area contributed by atoms with E-state index >= 15 is 0 Å². The third-order valence-electron chi connectivity index (χ3n) is 2.02. The summed E-state index contributed by atoms with van der Waals surface area (Å²) in [5, 5.41) is 0. The average Bonchev–Trinajstić information content (AvgIpc) is 2.17. The molecule has 0 amide bonds. The van der Waals surface area contributed by atoms with Crippen LogP contribution >= 0.6 is 0 Å². The standard InChI is InChI=1S/C9H12F2N2O/c1-9(12,8(10)11)6-3-4-13-7(5-6)14-2/h3-5,8H,12H2,1-2H3. The molecule has 0 aliphatic heterocycles. The van der Waals surface area contributed by atoms with Crippen LogP contribution in [-0.2, 0) is 5.54 Å². The highest BCUT2D eigenvalue weighted by atomic mass is 19.3. The van der Waals surface area contributed by atoms with Gasteiger partial charge in [-0.25, -0.2) is 13.8 Å².